The third-order valence-corrected chi connectivity index (χ3v) is 2.25. The van der Waals surface area contributed by atoms with Crippen LogP contribution in [-0.4, -0.2) is 25.7 Å². The van der Waals surface area contributed by atoms with Gasteiger partial charge >= 0.3 is 6.03 Å². The van der Waals surface area contributed by atoms with Gasteiger partial charge < -0.3 is 16.4 Å². The monoisotopic (exact) mass is 213 g/mol. The fourth-order valence-electron chi connectivity index (χ4n) is 1.35. The summed E-state index contributed by atoms with van der Waals surface area (Å²) in [6, 6.07) is -0.0980. The first-order valence-corrected chi connectivity index (χ1v) is 5.58. The molecule has 4 nitrogen and oxygen atoms in total. The lowest BCUT2D eigenvalue weighted by Gasteiger charge is -2.12. The first-order valence-electron chi connectivity index (χ1n) is 5.58. The third kappa shape index (κ3) is 8.00. The van der Waals surface area contributed by atoms with E-state index in [4.69, 9.17) is 5.73 Å². The number of hydrogen-bond donors (Lipinski definition) is 3. The van der Waals surface area contributed by atoms with Gasteiger partial charge in [0.25, 0.3) is 0 Å². The van der Waals surface area contributed by atoms with Crippen molar-refractivity contribution in [1.29, 1.82) is 0 Å². The van der Waals surface area contributed by atoms with E-state index in [9.17, 15) is 4.79 Å². The molecule has 0 fully saturated rings. The van der Waals surface area contributed by atoms with Crippen LogP contribution in [0.5, 0.6) is 0 Å². The van der Waals surface area contributed by atoms with Crippen molar-refractivity contribution in [2.75, 3.05) is 19.6 Å². The van der Waals surface area contributed by atoms with Gasteiger partial charge in [-0.15, -0.1) is 6.58 Å². The summed E-state index contributed by atoms with van der Waals surface area (Å²) in [5.41, 5.74) is 5.43. The van der Waals surface area contributed by atoms with Crippen LogP contribution in [-0.2, 0) is 0 Å². The lowest BCUT2D eigenvalue weighted by atomic mass is 10.00. The zero-order chi connectivity index (χ0) is 11.5. The predicted octanol–water partition coefficient (Wildman–Crippen LogP) is 1.24. The zero-order valence-corrected chi connectivity index (χ0v) is 9.59. The maximum atomic E-state index is 11.1. The van der Waals surface area contributed by atoms with Gasteiger partial charge in [-0.3, -0.25) is 0 Å². The van der Waals surface area contributed by atoms with Crippen LogP contribution in [0, 0.1) is 5.92 Å². The molecule has 0 bridgehead atoms. The average Bonchev–Trinajstić information content (AvgIpc) is 2.23. The van der Waals surface area contributed by atoms with E-state index < -0.39 is 0 Å². The second-order valence-electron chi connectivity index (χ2n) is 3.50. The Morgan fingerprint density at radius 1 is 1.47 bits per heavy atom. The van der Waals surface area contributed by atoms with Crippen molar-refractivity contribution in [3.8, 4) is 0 Å². The smallest absolute Gasteiger partial charge is 0.314 e. The molecule has 4 N–H and O–H groups in total. The Balaban J connectivity index is 3.53. The van der Waals surface area contributed by atoms with E-state index in [2.05, 4.69) is 17.2 Å². The zero-order valence-electron chi connectivity index (χ0n) is 9.59. The molecule has 0 heterocycles. The number of hydrogen-bond acceptors (Lipinski definition) is 2. The van der Waals surface area contributed by atoms with Crippen molar-refractivity contribution in [1.82, 2.24) is 10.6 Å². The van der Waals surface area contributed by atoms with Crippen molar-refractivity contribution in [3.05, 3.63) is 12.7 Å². The van der Waals surface area contributed by atoms with Gasteiger partial charge in [-0.2, -0.15) is 0 Å². The van der Waals surface area contributed by atoms with Crippen molar-refractivity contribution in [2.24, 2.45) is 11.7 Å². The molecule has 0 spiro atoms. The number of rotatable bonds is 8. The molecule has 0 aliphatic carbocycles. The third-order valence-electron chi connectivity index (χ3n) is 2.25. The van der Waals surface area contributed by atoms with Crippen molar-refractivity contribution < 1.29 is 4.79 Å². The molecule has 0 aliphatic heterocycles. The largest absolute Gasteiger partial charge is 0.338 e. The molecule has 0 saturated heterocycles. The molecule has 0 aromatic heterocycles. The summed E-state index contributed by atoms with van der Waals surface area (Å²) in [5, 5.41) is 5.48. The lowest BCUT2D eigenvalue weighted by Crippen LogP contribution is -2.36. The Labute approximate surface area is 92.3 Å². The number of allylic oxidation sites excluding steroid dienone is 1. The second-order valence-corrected chi connectivity index (χ2v) is 3.50. The molecule has 0 rings (SSSR count). The Morgan fingerprint density at radius 3 is 2.73 bits per heavy atom. The molecular weight excluding hydrogens is 190 g/mol. The average molecular weight is 213 g/mol. The van der Waals surface area contributed by atoms with Gasteiger partial charge in [-0.25, -0.2) is 4.79 Å². The maximum Gasteiger partial charge on any atom is 0.314 e. The van der Waals surface area contributed by atoms with Crippen LogP contribution in [0.1, 0.15) is 26.2 Å². The minimum atomic E-state index is -0.0980. The topological polar surface area (TPSA) is 67.1 Å². The fourth-order valence-corrected chi connectivity index (χ4v) is 1.35. The maximum absolute atomic E-state index is 11.1. The highest BCUT2D eigenvalue weighted by molar-refractivity contribution is 5.73. The minimum absolute atomic E-state index is 0.0980. The molecule has 4 heteroatoms. The number of nitrogens with one attached hydrogen (secondary N) is 2. The highest BCUT2D eigenvalue weighted by Crippen LogP contribution is 2.10. The molecule has 0 aromatic carbocycles. The van der Waals surface area contributed by atoms with Crippen molar-refractivity contribution in [2.45, 2.75) is 26.2 Å². The van der Waals surface area contributed by atoms with Gasteiger partial charge in [-0.05, 0) is 38.6 Å². The lowest BCUT2D eigenvalue weighted by molar-refractivity contribution is 0.241. The number of carbonyl (C=O) groups is 1. The Morgan fingerprint density at radius 2 is 2.20 bits per heavy atom. The minimum Gasteiger partial charge on any atom is -0.338 e. The molecule has 1 unspecified atom stereocenters. The fraction of sp³-hybridized carbons (Fsp3) is 0.727. The Kier molecular flexibility index (Phi) is 8.87. The molecular formula is C11H23N3O. The number of amides is 2. The summed E-state index contributed by atoms with van der Waals surface area (Å²) in [4.78, 5) is 11.1. The first-order chi connectivity index (χ1) is 7.24. The predicted molar refractivity (Wildman–Crippen MR) is 63.7 cm³/mol. The van der Waals surface area contributed by atoms with E-state index in [-0.39, 0.29) is 6.03 Å². The van der Waals surface area contributed by atoms with Crippen LogP contribution < -0.4 is 16.4 Å². The van der Waals surface area contributed by atoms with Gasteiger partial charge in [0.1, 0.15) is 0 Å². The Hall–Kier alpha value is -1.03. The standard InChI is InChI=1S/C11H23N3O/c1-3-10(6-5-8-12)7-9-14-11(15)13-4-2/h3,10H,1,4-9,12H2,2H3,(H2,13,14,15). The molecule has 0 aromatic rings. The number of carbonyl (C=O) groups excluding carboxylic acids is 1. The number of nitrogens with two attached hydrogens (primary N) is 1. The molecule has 0 radical (unpaired) electrons. The molecule has 88 valence electrons. The summed E-state index contributed by atoms with van der Waals surface area (Å²) < 4.78 is 0. The van der Waals surface area contributed by atoms with Crippen molar-refractivity contribution in [3.63, 3.8) is 0 Å². The van der Waals surface area contributed by atoms with Gasteiger partial charge in [0, 0.05) is 13.1 Å². The van der Waals surface area contributed by atoms with Gasteiger partial charge in [0.05, 0.1) is 0 Å². The van der Waals surface area contributed by atoms with Crippen LogP contribution in [0.15, 0.2) is 12.7 Å². The van der Waals surface area contributed by atoms with E-state index in [0.717, 1.165) is 19.3 Å². The SMILES string of the molecule is C=CC(CCCN)CCNC(=O)NCC. The Bertz CT molecular complexity index is 183. The molecule has 2 amide bonds. The summed E-state index contributed by atoms with van der Waals surface area (Å²) in [6.45, 7) is 7.74. The van der Waals surface area contributed by atoms with Crippen LogP contribution in [0.2, 0.25) is 0 Å². The summed E-state index contributed by atoms with van der Waals surface area (Å²) in [7, 11) is 0. The van der Waals surface area contributed by atoms with Crippen LogP contribution in [0.3, 0.4) is 0 Å². The van der Waals surface area contributed by atoms with Crippen LogP contribution in [0.4, 0.5) is 4.79 Å². The van der Waals surface area contributed by atoms with Gasteiger partial charge in [-0.1, -0.05) is 6.08 Å². The molecule has 0 saturated carbocycles. The normalized spacial score (nSPS) is 11.9. The van der Waals surface area contributed by atoms with E-state index in [1.54, 1.807) is 0 Å². The quantitative estimate of drug-likeness (QED) is 0.531. The van der Waals surface area contributed by atoms with Gasteiger partial charge in [0.2, 0.25) is 0 Å². The molecule has 1 atom stereocenters. The highest BCUT2D eigenvalue weighted by atomic mass is 16.2. The van der Waals surface area contributed by atoms with E-state index >= 15 is 0 Å². The number of urea groups is 1. The summed E-state index contributed by atoms with van der Waals surface area (Å²) >= 11 is 0. The molecule has 0 aliphatic rings. The summed E-state index contributed by atoms with van der Waals surface area (Å²) in [6.07, 6.45) is 4.94. The van der Waals surface area contributed by atoms with E-state index in [1.165, 1.54) is 0 Å². The molecule has 15 heavy (non-hydrogen) atoms. The van der Waals surface area contributed by atoms with Crippen LogP contribution >= 0.6 is 0 Å². The summed E-state index contributed by atoms with van der Waals surface area (Å²) in [5.74, 6) is 0.454. The highest BCUT2D eigenvalue weighted by Gasteiger charge is 2.04. The van der Waals surface area contributed by atoms with Crippen molar-refractivity contribution >= 4 is 6.03 Å². The van der Waals surface area contributed by atoms with E-state index in [1.807, 2.05) is 13.0 Å². The second kappa shape index (κ2) is 9.52. The van der Waals surface area contributed by atoms with Crippen LogP contribution in [0.25, 0.3) is 0 Å². The van der Waals surface area contributed by atoms with Gasteiger partial charge in [0.15, 0.2) is 0 Å². The first kappa shape index (κ1) is 14.0. The van der Waals surface area contributed by atoms with E-state index in [0.29, 0.717) is 25.6 Å².